The van der Waals surface area contributed by atoms with Crippen LogP contribution in [0, 0.1) is 5.95 Å². The summed E-state index contributed by atoms with van der Waals surface area (Å²) in [5, 5.41) is 10.5. The molecule has 0 unspecified atom stereocenters. The highest BCUT2D eigenvalue weighted by molar-refractivity contribution is 6.30. The lowest BCUT2D eigenvalue weighted by Gasteiger charge is -1.99. The minimum absolute atomic E-state index is 0.157. The fourth-order valence-corrected chi connectivity index (χ4v) is 0.563. The number of halogens is 1. The second-order valence-corrected chi connectivity index (χ2v) is 1.62. The van der Waals surface area contributed by atoms with Crippen LogP contribution in [0.1, 0.15) is 0 Å². The van der Waals surface area contributed by atoms with E-state index >= 15 is 0 Å². The molecule has 0 bridgehead atoms. The number of rotatable bonds is 2. The summed E-state index contributed by atoms with van der Waals surface area (Å²) in [6.45, 7) is 0. The molecule has 0 aliphatic heterocycles. The van der Waals surface area contributed by atoms with E-state index in [1.165, 1.54) is 12.3 Å². The SMILES string of the molecule is O[B]Nc1cccnc1F. The molecule has 0 aromatic carbocycles. The first-order valence-corrected chi connectivity index (χ1v) is 2.67. The van der Waals surface area contributed by atoms with Crippen LogP contribution in [0.4, 0.5) is 10.1 Å². The molecule has 1 heterocycles. The van der Waals surface area contributed by atoms with Crippen LogP contribution < -0.4 is 5.23 Å². The molecule has 0 saturated heterocycles. The zero-order valence-electron chi connectivity index (χ0n) is 5.08. The minimum Gasteiger partial charge on any atom is -0.435 e. The molecule has 2 N–H and O–H groups in total. The summed E-state index contributed by atoms with van der Waals surface area (Å²) >= 11 is 0. The monoisotopic (exact) mass is 139 g/mol. The van der Waals surface area contributed by atoms with E-state index in [1.54, 1.807) is 6.07 Å². The van der Waals surface area contributed by atoms with Gasteiger partial charge in [-0.2, -0.15) is 4.39 Å². The predicted octanol–water partition coefficient (Wildman–Crippen LogP) is 0.159. The topological polar surface area (TPSA) is 45.1 Å². The standard InChI is InChI=1S/C5H5BFN2O/c7-5-4(9-6-10)2-1-3-8-5/h1-3,9-10H. The number of pyridine rings is 1. The van der Waals surface area contributed by atoms with E-state index in [9.17, 15) is 4.39 Å². The lowest BCUT2D eigenvalue weighted by molar-refractivity contribution is 0.583. The van der Waals surface area contributed by atoms with E-state index in [0.29, 0.717) is 7.62 Å². The minimum atomic E-state index is -0.632. The van der Waals surface area contributed by atoms with Gasteiger partial charge in [-0.25, -0.2) is 4.98 Å². The third-order valence-corrected chi connectivity index (χ3v) is 0.979. The average Bonchev–Trinajstić information content (AvgIpc) is 1.94. The lowest BCUT2D eigenvalue weighted by atomic mass is 10.2. The molecule has 0 aliphatic rings. The van der Waals surface area contributed by atoms with E-state index in [1.807, 2.05) is 0 Å². The van der Waals surface area contributed by atoms with Gasteiger partial charge in [0, 0.05) is 6.20 Å². The second kappa shape index (κ2) is 3.17. The maximum absolute atomic E-state index is 12.5. The Balaban J connectivity index is 2.81. The molecule has 1 aromatic heterocycles. The molecule has 3 nitrogen and oxygen atoms in total. The molecular weight excluding hydrogens is 134 g/mol. The molecular formula is C5H5BFN2O. The Morgan fingerprint density at radius 3 is 3.10 bits per heavy atom. The van der Waals surface area contributed by atoms with Crippen molar-refractivity contribution in [3.8, 4) is 0 Å². The molecule has 10 heavy (non-hydrogen) atoms. The normalized spacial score (nSPS) is 9.00. The number of aromatic nitrogens is 1. The summed E-state index contributed by atoms with van der Waals surface area (Å²) in [6, 6.07) is 3.03. The van der Waals surface area contributed by atoms with Crippen LogP contribution in [0.2, 0.25) is 0 Å². The predicted molar refractivity (Wildman–Crippen MR) is 35.8 cm³/mol. The van der Waals surface area contributed by atoms with Gasteiger partial charge in [0.2, 0.25) is 5.95 Å². The highest BCUT2D eigenvalue weighted by Crippen LogP contribution is 2.07. The fourth-order valence-electron chi connectivity index (χ4n) is 0.563. The van der Waals surface area contributed by atoms with Crippen molar-refractivity contribution >= 4 is 13.3 Å². The first kappa shape index (κ1) is 7.02. The van der Waals surface area contributed by atoms with Gasteiger partial charge < -0.3 is 10.3 Å². The largest absolute Gasteiger partial charge is 0.435 e. The molecule has 51 valence electrons. The summed E-state index contributed by atoms with van der Waals surface area (Å²) in [7, 11) is 0.653. The van der Waals surface area contributed by atoms with Gasteiger partial charge in [0.1, 0.15) is 0 Å². The highest BCUT2D eigenvalue weighted by atomic mass is 19.1. The fraction of sp³-hybridized carbons (Fsp3) is 0. The van der Waals surface area contributed by atoms with Crippen LogP contribution in [-0.4, -0.2) is 17.6 Å². The number of hydrogen-bond donors (Lipinski definition) is 2. The Bertz CT molecular complexity index is 221. The van der Waals surface area contributed by atoms with Crippen molar-refractivity contribution in [1.29, 1.82) is 0 Å². The summed E-state index contributed by atoms with van der Waals surface area (Å²) < 4.78 is 12.5. The van der Waals surface area contributed by atoms with Crippen LogP contribution in [0.15, 0.2) is 18.3 Å². The van der Waals surface area contributed by atoms with E-state index < -0.39 is 5.95 Å². The van der Waals surface area contributed by atoms with E-state index in [2.05, 4.69) is 10.2 Å². The van der Waals surface area contributed by atoms with E-state index in [-0.39, 0.29) is 5.69 Å². The van der Waals surface area contributed by atoms with Crippen LogP contribution in [0.3, 0.4) is 0 Å². The molecule has 0 aliphatic carbocycles. The third kappa shape index (κ3) is 1.45. The molecule has 0 spiro atoms. The Morgan fingerprint density at radius 2 is 2.50 bits per heavy atom. The van der Waals surface area contributed by atoms with Crippen LogP contribution >= 0.6 is 0 Å². The molecule has 5 heteroatoms. The van der Waals surface area contributed by atoms with Gasteiger partial charge in [-0.05, 0) is 12.1 Å². The quantitative estimate of drug-likeness (QED) is 0.453. The molecule has 1 aromatic rings. The first-order chi connectivity index (χ1) is 4.84. The number of hydrogen-bond acceptors (Lipinski definition) is 3. The maximum Gasteiger partial charge on any atom is 0.433 e. The molecule has 0 amide bonds. The Labute approximate surface area is 58.2 Å². The zero-order chi connectivity index (χ0) is 7.40. The number of nitrogens with zero attached hydrogens (tertiary/aromatic N) is 1. The van der Waals surface area contributed by atoms with Crippen LogP contribution in [-0.2, 0) is 0 Å². The number of anilines is 1. The van der Waals surface area contributed by atoms with Crippen molar-refractivity contribution in [3.05, 3.63) is 24.3 Å². The van der Waals surface area contributed by atoms with Gasteiger partial charge in [0.15, 0.2) is 0 Å². The first-order valence-electron chi connectivity index (χ1n) is 2.67. The van der Waals surface area contributed by atoms with E-state index in [0.717, 1.165) is 0 Å². The third-order valence-electron chi connectivity index (χ3n) is 0.979. The molecule has 1 rings (SSSR count). The van der Waals surface area contributed by atoms with Gasteiger partial charge in [-0.3, -0.25) is 0 Å². The summed E-state index contributed by atoms with van der Waals surface area (Å²) in [6.07, 6.45) is 1.33. The van der Waals surface area contributed by atoms with Crippen molar-refractivity contribution < 1.29 is 9.41 Å². The molecule has 0 saturated carbocycles. The van der Waals surface area contributed by atoms with Gasteiger partial charge in [-0.15, -0.1) is 0 Å². The Morgan fingerprint density at radius 1 is 1.70 bits per heavy atom. The zero-order valence-corrected chi connectivity index (χ0v) is 5.08. The average molecular weight is 139 g/mol. The highest BCUT2D eigenvalue weighted by Gasteiger charge is 1.98. The van der Waals surface area contributed by atoms with Gasteiger partial charge in [0.25, 0.3) is 0 Å². The van der Waals surface area contributed by atoms with Crippen molar-refractivity contribution in [2.24, 2.45) is 0 Å². The Hall–Kier alpha value is -1.10. The molecule has 0 fully saturated rings. The smallest absolute Gasteiger partial charge is 0.433 e. The van der Waals surface area contributed by atoms with Gasteiger partial charge in [-0.1, -0.05) is 0 Å². The molecule has 0 atom stereocenters. The van der Waals surface area contributed by atoms with E-state index in [4.69, 9.17) is 5.02 Å². The maximum atomic E-state index is 12.5. The van der Waals surface area contributed by atoms with Crippen molar-refractivity contribution in [2.75, 3.05) is 5.23 Å². The summed E-state index contributed by atoms with van der Waals surface area (Å²) in [5.41, 5.74) is 0.157. The van der Waals surface area contributed by atoms with Crippen molar-refractivity contribution in [1.82, 2.24) is 4.98 Å². The summed E-state index contributed by atoms with van der Waals surface area (Å²) in [4.78, 5) is 3.34. The Kier molecular flexibility index (Phi) is 2.22. The second-order valence-electron chi connectivity index (χ2n) is 1.62. The van der Waals surface area contributed by atoms with Crippen LogP contribution in [0.25, 0.3) is 0 Å². The lowest BCUT2D eigenvalue weighted by Crippen LogP contribution is -2.06. The summed E-state index contributed by atoms with van der Waals surface area (Å²) in [5.74, 6) is -0.632. The van der Waals surface area contributed by atoms with Crippen LogP contribution in [0.5, 0.6) is 0 Å². The van der Waals surface area contributed by atoms with Gasteiger partial charge in [0.05, 0.1) is 5.69 Å². The van der Waals surface area contributed by atoms with Crippen molar-refractivity contribution in [2.45, 2.75) is 0 Å². The van der Waals surface area contributed by atoms with Crippen molar-refractivity contribution in [3.63, 3.8) is 0 Å². The number of nitrogens with one attached hydrogen (secondary N) is 1. The van der Waals surface area contributed by atoms with Gasteiger partial charge >= 0.3 is 7.62 Å². The molecule has 1 radical (unpaired) electrons.